The van der Waals surface area contributed by atoms with Crippen molar-refractivity contribution in [1.82, 2.24) is 29.1 Å². The van der Waals surface area contributed by atoms with Gasteiger partial charge in [-0.2, -0.15) is 9.97 Å². The number of anilines is 2. The zero-order valence-electron chi connectivity index (χ0n) is 19.6. The Hall–Kier alpha value is -2.83. The molecule has 0 unspecified atom stereocenters. The van der Waals surface area contributed by atoms with E-state index in [-0.39, 0.29) is 18.5 Å². The molecular weight excluding hydrogens is 442 g/mol. The number of aromatic nitrogens is 6. The summed E-state index contributed by atoms with van der Waals surface area (Å²) in [5, 5.41) is 3.10. The molecule has 11 nitrogen and oxygen atoms in total. The molecule has 12 heteroatoms. The summed E-state index contributed by atoms with van der Waals surface area (Å²) in [6.45, 7) is 8.93. The van der Waals surface area contributed by atoms with E-state index in [1.807, 2.05) is 0 Å². The predicted octanol–water partition coefficient (Wildman–Crippen LogP) is 2.80. The SMILES string of the molecule is COc1ncncc1Nc1ncc2c(n1)n(C1CCOCC1)c(=O)n2COCC[Si](C)(C)C. The van der Waals surface area contributed by atoms with Crippen LogP contribution in [-0.4, -0.2) is 64.1 Å². The van der Waals surface area contributed by atoms with Crippen LogP contribution in [-0.2, 0) is 16.2 Å². The number of hydrogen-bond acceptors (Lipinski definition) is 9. The van der Waals surface area contributed by atoms with Gasteiger partial charge in [-0.3, -0.25) is 9.13 Å². The molecule has 0 bridgehead atoms. The molecule has 1 aliphatic rings. The van der Waals surface area contributed by atoms with E-state index in [9.17, 15) is 4.79 Å². The van der Waals surface area contributed by atoms with Crippen LogP contribution >= 0.6 is 0 Å². The van der Waals surface area contributed by atoms with Crippen molar-refractivity contribution in [3.8, 4) is 5.88 Å². The molecule has 0 aliphatic carbocycles. The monoisotopic (exact) mass is 473 g/mol. The molecule has 178 valence electrons. The summed E-state index contributed by atoms with van der Waals surface area (Å²) >= 11 is 0. The van der Waals surface area contributed by atoms with Crippen LogP contribution in [0.5, 0.6) is 5.88 Å². The van der Waals surface area contributed by atoms with E-state index in [1.54, 1.807) is 21.5 Å². The van der Waals surface area contributed by atoms with Gasteiger partial charge in [0, 0.05) is 33.9 Å². The lowest BCUT2D eigenvalue weighted by molar-refractivity contribution is 0.0669. The molecule has 1 N–H and O–H groups in total. The van der Waals surface area contributed by atoms with E-state index in [0.29, 0.717) is 48.5 Å². The summed E-state index contributed by atoms with van der Waals surface area (Å²) in [5.74, 6) is 0.706. The van der Waals surface area contributed by atoms with Gasteiger partial charge >= 0.3 is 5.69 Å². The van der Waals surface area contributed by atoms with Gasteiger partial charge in [0.2, 0.25) is 11.8 Å². The van der Waals surface area contributed by atoms with E-state index in [0.717, 1.165) is 18.9 Å². The minimum absolute atomic E-state index is 0.00864. The molecular formula is C21H31N7O4Si. The van der Waals surface area contributed by atoms with Gasteiger partial charge in [-0.15, -0.1) is 0 Å². The van der Waals surface area contributed by atoms with Crippen LogP contribution in [0.15, 0.2) is 23.5 Å². The predicted molar refractivity (Wildman–Crippen MR) is 127 cm³/mol. The van der Waals surface area contributed by atoms with Crippen LogP contribution in [0.4, 0.5) is 11.6 Å². The van der Waals surface area contributed by atoms with Gasteiger partial charge in [-0.1, -0.05) is 19.6 Å². The Bertz CT molecular complexity index is 1150. The van der Waals surface area contributed by atoms with Gasteiger partial charge in [0.15, 0.2) is 5.65 Å². The fraction of sp³-hybridized carbons (Fsp3) is 0.571. The first-order chi connectivity index (χ1) is 15.9. The van der Waals surface area contributed by atoms with Crippen molar-refractivity contribution >= 4 is 30.9 Å². The Balaban J connectivity index is 1.68. The molecule has 3 aromatic rings. The third-order valence-corrected chi connectivity index (χ3v) is 7.30. The Kier molecular flexibility index (Phi) is 7.05. The van der Waals surface area contributed by atoms with Crippen molar-refractivity contribution < 1.29 is 14.2 Å². The molecule has 0 amide bonds. The molecule has 4 rings (SSSR count). The van der Waals surface area contributed by atoms with Crippen LogP contribution in [0.1, 0.15) is 18.9 Å². The van der Waals surface area contributed by atoms with Crippen LogP contribution in [0.3, 0.4) is 0 Å². The third-order valence-electron chi connectivity index (χ3n) is 5.59. The lowest BCUT2D eigenvalue weighted by atomic mass is 10.1. The van der Waals surface area contributed by atoms with Crippen LogP contribution in [0.2, 0.25) is 25.7 Å². The second-order valence-electron chi connectivity index (χ2n) is 9.25. The summed E-state index contributed by atoms with van der Waals surface area (Å²) in [7, 11) is 0.309. The van der Waals surface area contributed by atoms with Crippen LogP contribution in [0.25, 0.3) is 11.2 Å². The molecule has 1 aliphatic heterocycles. The van der Waals surface area contributed by atoms with E-state index in [4.69, 9.17) is 14.2 Å². The molecule has 4 heterocycles. The first-order valence-electron chi connectivity index (χ1n) is 11.1. The highest BCUT2D eigenvalue weighted by Crippen LogP contribution is 2.26. The zero-order valence-corrected chi connectivity index (χ0v) is 20.6. The number of fused-ring (bicyclic) bond motifs is 1. The van der Waals surface area contributed by atoms with E-state index >= 15 is 0 Å². The summed E-state index contributed by atoms with van der Waals surface area (Å²) in [6.07, 6.45) is 6.15. The van der Waals surface area contributed by atoms with Gasteiger partial charge in [0.1, 0.15) is 24.3 Å². The number of methoxy groups -OCH3 is 1. The largest absolute Gasteiger partial charge is 0.479 e. The highest BCUT2D eigenvalue weighted by atomic mass is 28.3. The standard InChI is InChI=1S/C21H31N7O4Si/c1-30-19-16(11-22-13-24-19)25-20-23-12-17-18(26-20)28(15-5-7-31-8-6-15)21(29)27(17)14-32-9-10-33(2,3)4/h11-13,15H,5-10,14H2,1-4H3,(H,23,25,26). The number of ether oxygens (including phenoxy) is 3. The summed E-state index contributed by atoms with van der Waals surface area (Å²) in [6, 6.07) is 1.04. The van der Waals surface area contributed by atoms with Crippen LogP contribution in [0, 0.1) is 0 Å². The fourth-order valence-electron chi connectivity index (χ4n) is 3.74. The van der Waals surface area contributed by atoms with Crippen molar-refractivity contribution in [2.75, 3.05) is 32.2 Å². The number of nitrogens with one attached hydrogen (secondary N) is 1. The van der Waals surface area contributed by atoms with E-state index in [2.05, 4.69) is 44.9 Å². The molecule has 3 aromatic heterocycles. The molecule has 0 aromatic carbocycles. The fourth-order valence-corrected chi connectivity index (χ4v) is 4.49. The Morgan fingerprint density at radius 1 is 1.21 bits per heavy atom. The lowest BCUT2D eigenvalue weighted by Gasteiger charge is -2.22. The van der Waals surface area contributed by atoms with Gasteiger partial charge in [-0.25, -0.2) is 14.8 Å². The second-order valence-corrected chi connectivity index (χ2v) is 14.9. The topological polar surface area (TPSA) is 118 Å². The van der Waals surface area contributed by atoms with Gasteiger partial charge < -0.3 is 19.5 Å². The van der Waals surface area contributed by atoms with Crippen molar-refractivity contribution in [2.24, 2.45) is 0 Å². The van der Waals surface area contributed by atoms with Crippen molar-refractivity contribution in [1.29, 1.82) is 0 Å². The van der Waals surface area contributed by atoms with Crippen molar-refractivity contribution in [3.05, 3.63) is 29.2 Å². The maximum Gasteiger partial charge on any atom is 0.332 e. The third kappa shape index (κ3) is 5.39. The minimum Gasteiger partial charge on any atom is -0.479 e. The highest BCUT2D eigenvalue weighted by molar-refractivity contribution is 6.76. The van der Waals surface area contributed by atoms with Gasteiger partial charge in [-0.05, 0) is 18.9 Å². The molecule has 1 saturated heterocycles. The molecule has 0 atom stereocenters. The average molecular weight is 474 g/mol. The lowest BCUT2D eigenvalue weighted by Crippen LogP contribution is -2.31. The zero-order chi connectivity index (χ0) is 23.4. The van der Waals surface area contributed by atoms with Crippen molar-refractivity contribution in [3.63, 3.8) is 0 Å². The number of nitrogens with zero attached hydrogens (tertiary/aromatic N) is 6. The first kappa shape index (κ1) is 23.3. The van der Waals surface area contributed by atoms with Crippen molar-refractivity contribution in [2.45, 2.75) is 51.3 Å². The molecule has 1 fully saturated rings. The Morgan fingerprint density at radius 2 is 2.00 bits per heavy atom. The Morgan fingerprint density at radius 3 is 2.73 bits per heavy atom. The summed E-state index contributed by atoms with van der Waals surface area (Å²) in [4.78, 5) is 30.7. The molecule has 33 heavy (non-hydrogen) atoms. The molecule has 0 radical (unpaired) electrons. The van der Waals surface area contributed by atoms with E-state index < -0.39 is 8.07 Å². The smallest absolute Gasteiger partial charge is 0.332 e. The van der Waals surface area contributed by atoms with Gasteiger partial charge in [0.05, 0.1) is 19.5 Å². The maximum atomic E-state index is 13.4. The molecule has 0 spiro atoms. The maximum absolute atomic E-state index is 13.4. The molecule has 0 saturated carbocycles. The minimum atomic E-state index is -1.22. The summed E-state index contributed by atoms with van der Waals surface area (Å²) in [5.41, 5.74) is 1.60. The number of imidazole rings is 1. The quantitative estimate of drug-likeness (QED) is 0.370. The second kappa shape index (κ2) is 9.97. The Labute approximate surface area is 193 Å². The van der Waals surface area contributed by atoms with Gasteiger partial charge in [0.25, 0.3) is 0 Å². The first-order valence-corrected chi connectivity index (χ1v) is 14.8. The summed E-state index contributed by atoms with van der Waals surface area (Å²) < 4.78 is 20.0. The number of rotatable bonds is 9. The van der Waals surface area contributed by atoms with E-state index in [1.165, 1.54) is 13.4 Å². The normalized spacial score (nSPS) is 15.2. The highest BCUT2D eigenvalue weighted by Gasteiger charge is 2.25. The average Bonchev–Trinajstić information content (AvgIpc) is 3.07. The number of hydrogen-bond donors (Lipinski definition) is 1. The van der Waals surface area contributed by atoms with Crippen LogP contribution < -0.4 is 15.7 Å².